The molecule has 0 aliphatic rings. The van der Waals surface area contributed by atoms with E-state index >= 15 is 0 Å². The fraction of sp³-hybridized carbons (Fsp3) is 0.400. The maximum Gasteiger partial charge on any atom is 3.00 e. The van der Waals surface area contributed by atoms with Gasteiger partial charge in [-0.25, -0.2) is 19.3 Å². The Labute approximate surface area is 239 Å². The average molecular weight is 762 g/mol. The molecule has 0 amide bonds. The number of rotatable bonds is 6. The smallest absolute Gasteiger partial charge is 0.324 e. The molecule has 40 heavy (non-hydrogen) atoms. The fourth-order valence-electron chi connectivity index (χ4n) is 0.848. The van der Waals surface area contributed by atoms with Crippen molar-refractivity contribution in [2.45, 2.75) is 37.1 Å². The summed E-state index contributed by atoms with van der Waals surface area (Å²) in [6.07, 6.45) is -35.8. The average Bonchev–Trinajstić information content (AvgIpc) is 2.64. The van der Waals surface area contributed by atoms with E-state index in [0.717, 1.165) is 0 Å². The summed E-state index contributed by atoms with van der Waals surface area (Å²) in [5.74, 6) is -16.9. The maximum atomic E-state index is 11.3. The first-order chi connectivity index (χ1) is 16.6. The van der Waals surface area contributed by atoms with Crippen LogP contribution < -0.4 is 0 Å². The van der Waals surface area contributed by atoms with Gasteiger partial charge in [0.1, 0.15) is 34.7 Å². The molecule has 0 aromatic rings. The number of hydrogen-bond acceptors (Lipinski definition) is 6. The van der Waals surface area contributed by atoms with Crippen LogP contribution in [0.5, 0.6) is 0 Å². The van der Waals surface area contributed by atoms with Gasteiger partial charge in [0.15, 0.2) is 0 Å². The van der Waals surface area contributed by atoms with Crippen LogP contribution in [0.1, 0.15) is 0 Å². The summed E-state index contributed by atoms with van der Waals surface area (Å²) >= 11 is 0. The van der Waals surface area contributed by atoms with Crippen molar-refractivity contribution in [2.24, 2.45) is 0 Å². The first-order valence-electron chi connectivity index (χ1n) is 7.86. The van der Waals surface area contributed by atoms with Crippen molar-refractivity contribution in [3.63, 3.8) is 0 Å². The number of Topliss-reactive ketones (excluding diaryl/α,β-unsaturated/α-hetero) is 6. The van der Waals surface area contributed by atoms with E-state index in [9.17, 15) is 108 Å². The van der Waals surface area contributed by atoms with Crippen LogP contribution >= 0.6 is 0 Å². The summed E-state index contributed by atoms with van der Waals surface area (Å²) < 4.78 is 203. The zero-order valence-electron chi connectivity index (χ0n) is 17.6. The van der Waals surface area contributed by atoms with E-state index in [-0.39, 0.29) is 41.3 Å². The van der Waals surface area contributed by atoms with Crippen LogP contribution in [0.15, 0.2) is 0 Å². The molecule has 0 aromatic carbocycles. The van der Waals surface area contributed by atoms with Crippen molar-refractivity contribution < 1.29 is 149 Å². The molecule has 0 aliphatic carbocycles. The standard InChI is InChI=1S/3C5HF6O2.Pr/c3*6-4(7,8)2(12)1-3(13)5(9,10)11;/h3*1H;/q3*-1;+3. The number of ketones is 6. The first-order valence-corrected chi connectivity index (χ1v) is 7.86. The molecule has 0 unspecified atom stereocenters. The van der Waals surface area contributed by atoms with Crippen molar-refractivity contribution in [2.75, 3.05) is 0 Å². The molecular formula is C15H3F18O6Pr. The molecule has 0 aliphatic heterocycles. The molecule has 0 spiro atoms. The van der Waals surface area contributed by atoms with Gasteiger partial charge in [-0.15, -0.1) is 0 Å². The van der Waals surface area contributed by atoms with E-state index in [2.05, 4.69) is 0 Å². The fourth-order valence-corrected chi connectivity index (χ4v) is 0.848. The van der Waals surface area contributed by atoms with Crippen molar-refractivity contribution in [1.29, 1.82) is 0 Å². The van der Waals surface area contributed by atoms with E-state index < -0.39 is 91.0 Å². The van der Waals surface area contributed by atoms with Gasteiger partial charge in [-0.05, 0) is 0 Å². The molecule has 6 nitrogen and oxygen atoms in total. The maximum absolute atomic E-state index is 11.3. The van der Waals surface area contributed by atoms with Gasteiger partial charge in [0.25, 0.3) is 0 Å². The Morgan fingerprint density at radius 2 is 0.350 bits per heavy atom. The van der Waals surface area contributed by atoms with Gasteiger partial charge < -0.3 is 28.8 Å². The topological polar surface area (TPSA) is 102 Å². The molecule has 0 heterocycles. The molecule has 25 heteroatoms. The number of hydrogen-bond donors (Lipinski definition) is 0. The van der Waals surface area contributed by atoms with Crippen molar-refractivity contribution >= 4 is 34.7 Å². The number of carbonyl (C=O) groups is 6. The zero-order chi connectivity index (χ0) is 32.6. The molecule has 228 valence electrons. The normalized spacial score (nSPS) is 12.2. The van der Waals surface area contributed by atoms with Gasteiger partial charge in [0.2, 0.25) is 0 Å². The predicted octanol–water partition coefficient (Wildman–Crippen LogP) is 4.36. The van der Waals surface area contributed by atoms with Crippen molar-refractivity contribution in [3.05, 3.63) is 19.3 Å². The van der Waals surface area contributed by atoms with Gasteiger partial charge in [0, 0.05) is 0 Å². The summed E-state index contributed by atoms with van der Waals surface area (Å²) in [7, 11) is 0. The number of alkyl halides is 18. The molecular weight excluding hydrogens is 759 g/mol. The van der Waals surface area contributed by atoms with Gasteiger partial charge >= 0.3 is 78.3 Å². The van der Waals surface area contributed by atoms with Gasteiger partial charge in [0.05, 0.1) is 0 Å². The van der Waals surface area contributed by atoms with E-state index in [0.29, 0.717) is 0 Å². The van der Waals surface area contributed by atoms with Crippen molar-refractivity contribution in [3.8, 4) is 0 Å². The Hall–Kier alpha value is -2.27. The quantitative estimate of drug-likeness (QED) is 0.227. The molecule has 0 bridgehead atoms. The second kappa shape index (κ2) is 15.7. The largest absolute Gasteiger partial charge is 3.00 e. The van der Waals surface area contributed by atoms with Gasteiger partial charge in [-0.1, -0.05) is 0 Å². The first kappa shape index (κ1) is 44.7. The van der Waals surface area contributed by atoms with Gasteiger partial charge in [-0.3, -0.25) is 0 Å². The third kappa shape index (κ3) is 20.6. The Morgan fingerprint density at radius 3 is 0.400 bits per heavy atom. The second-order valence-electron chi connectivity index (χ2n) is 5.61. The predicted molar refractivity (Wildman–Crippen MR) is 79.3 cm³/mol. The van der Waals surface area contributed by atoms with Crippen molar-refractivity contribution in [1.82, 2.24) is 0 Å². The number of carbonyl (C=O) groups excluding carboxylic acids is 6. The van der Waals surface area contributed by atoms with Crippen LogP contribution in [0, 0.1) is 60.6 Å². The van der Waals surface area contributed by atoms with E-state index in [1.165, 1.54) is 0 Å². The van der Waals surface area contributed by atoms with Crippen LogP contribution in [0.3, 0.4) is 0 Å². The molecule has 0 atom stereocenters. The molecule has 0 saturated carbocycles. The molecule has 0 aromatic heterocycles. The Morgan fingerprint density at radius 1 is 0.275 bits per heavy atom. The minimum atomic E-state index is -5.46. The Bertz CT molecular complexity index is 726. The van der Waals surface area contributed by atoms with Crippen LogP contribution in [0.25, 0.3) is 0 Å². The Kier molecular flexibility index (Phi) is 17.5. The minimum Gasteiger partial charge on any atom is -0.324 e. The third-order valence-electron chi connectivity index (χ3n) is 2.46. The molecule has 0 N–H and O–H groups in total. The summed E-state index contributed by atoms with van der Waals surface area (Å²) in [6.45, 7) is 0. The van der Waals surface area contributed by atoms with Crippen LogP contribution in [-0.2, 0) is 28.8 Å². The summed E-state index contributed by atoms with van der Waals surface area (Å²) in [5, 5.41) is 0. The Balaban J connectivity index is -0.000000240. The molecule has 0 rings (SSSR count). The molecule has 0 radical (unpaired) electrons. The van der Waals surface area contributed by atoms with E-state index in [4.69, 9.17) is 0 Å². The van der Waals surface area contributed by atoms with Crippen LogP contribution in [-0.4, -0.2) is 71.8 Å². The second-order valence-corrected chi connectivity index (χ2v) is 5.61. The summed E-state index contributed by atoms with van der Waals surface area (Å²) in [4.78, 5) is 58.9. The number of halogens is 18. The third-order valence-corrected chi connectivity index (χ3v) is 2.46. The molecule has 0 fully saturated rings. The van der Waals surface area contributed by atoms with Gasteiger partial charge in [-0.2, -0.15) is 79.0 Å². The van der Waals surface area contributed by atoms with E-state index in [1.807, 2.05) is 0 Å². The zero-order valence-corrected chi connectivity index (χ0v) is 21.3. The monoisotopic (exact) mass is 762 g/mol. The van der Waals surface area contributed by atoms with Crippen LogP contribution in [0.4, 0.5) is 79.0 Å². The SMILES string of the molecule is O=C([CH-]C(=O)C(F)(F)F)C(F)(F)F.O=C([CH-]C(=O)C(F)(F)F)C(F)(F)F.O=C([CH-]C(=O)C(F)(F)F)C(F)(F)F.[Pr+3]. The summed E-state index contributed by atoms with van der Waals surface area (Å²) in [6, 6.07) is 0. The minimum absolute atomic E-state index is 0. The van der Waals surface area contributed by atoms with E-state index in [1.54, 1.807) is 0 Å². The summed E-state index contributed by atoms with van der Waals surface area (Å²) in [5.41, 5.74) is 0. The molecule has 0 saturated heterocycles. The van der Waals surface area contributed by atoms with Crippen LogP contribution in [0.2, 0.25) is 0 Å².